The lowest BCUT2D eigenvalue weighted by atomic mass is 10.1. The summed E-state index contributed by atoms with van der Waals surface area (Å²) in [6.07, 6.45) is 1.22. The molecular formula is C9H12ClNS. The van der Waals surface area contributed by atoms with E-state index in [9.17, 15) is 0 Å². The number of quaternary nitrogens is 1. The minimum Gasteiger partial charge on any atom is -1.00 e. The Labute approximate surface area is 83.1 Å². The molecule has 0 spiro atoms. The molecule has 1 aromatic rings. The van der Waals surface area contributed by atoms with Gasteiger partial charge < -0.3 is 18.1 Å². The highest BCUT2D eigenvalue weighted by Gasteiger charge is 2.18. The molecule has 0 amide bonds. The van der Waals surface area contributed by atoms with E-state index in [1.165, 1.54) is 22.6 Å². The molecule has 3 N–H and O–H groups in total. The molecule has 0 aromatic heterocycles. The Morgan fingerprint density at radius 2 is 2.08 bits per heavy atom. The predicted molar refractivity (Wildman–Crippen MR) is 47.4 cm³/mol. The van der Waals surface area contributed by atoms with Crippen LogP contribution in [-0.4, -0.2) is 5.75 Å². The summed E-state index contributed by atoms with van der Waals surface area (Å²) in [4.78, 5) is 1.43. The van der Waals surface area contributed by atoms with Gasteiger partial charge in [0.15, 0.2) is 0 Å². The van der Waals surface area contributed by atoms with Crippen molar-refractivity contribution in [1.82, 2.24) is 0 Å². The van der Waals surface area contributed by atoms with Gasteiger partial charge in [0.05, 0.1) is 0 Å². The van der Waals surface area contributed by atoms with Gasteiger partial charge in [-0.05, 0) is 6.07 Å². The number of fused-ring (bicyclic) bond motifs is 1. The average Bonchev–Trinajstić information content (AvgIpc) is 2.06. The Balaban J connectivity index is 0.000000720. The molecule has 0 unspecified atom stereocenters. The molecule has 66 valence electrons. The van der Waals surface area contributed by atoms with Crippen LogP contribution in [0, 0.1) is 0 Å². The van der Waals surface area contributed by atoms with E-state index in [2.05, 4.69) is 30.0 Å². The molecule has 3 heteroatoms. The fraction of sp³-hybridized carbons (Fsp3) is 0.333. The number of thioether (sulfide) groups is 1. The molecule has 0 bridgehead atoms. The van der Waals surface area contributed by atoms with Crippen LogP contribution in [0.25, 0.3) is 0 Å². The van der Waals surface area contributed by atoms with Gasteiger partial charge in [-0.2, -0.15) is 0 Å². The molecule has 1 aromatic carbocycles. The Morgan fingerprint density at radius 3 is 2.83 bits per heavy atom. The third kappa shape index (κ3) is 1.76. The van der Waals surface area contributed by atoms with Gasteiger partial charge in [-0.3, -0.25) is 0 Å². The molecule has 0 fully saturated rings. The van der Waals surface area contributed by atoms with Crippen molar-refractivity contribution in [2.45, 2.75) is 17.4 Å². The van der Waals surface area contributed by atoms with Crippen LogP contribution in [0.5, 0.6) is 0 Å². The van der Waals surface area contributed by atoms with Crippen LogP contribution in [0.1, 0.15) is 18.0 Å². The van der Waals surface area contributed by atoms with Crippen molar-refractivity contribution in [2.24, 2.45) is 0 Å². The molecule has 1 aliphatic heterocycles. The first-order chi connectivity index (χ1) is 5.38. The molecule has 1 aliphatic rings. The summed E-state index contributed by atoms with van der Waals surface area (Å²) in [6, 6.07) is 9.11. The van der Waals surface area contributed by atoms with Crippen LogP contribution in [0.15, 0.2) is 29.2 Å². The molecule has 0 aliphatic carbocycles. The molecule has 1 atom stereocenters. The molecule has 0 saturated carbocycles. The van der Waals surface area contributed by atoms with E-state index in [0.29, 0.717) is 6.04 Å². The van der Waals surface area contributed by atoms with Gasteiger partial charge in [0, 0.05) is 22.6 Å². The van der Waals surface area contributed by atoms with Gasteiger partial charge in [-0.1, -0.05) is 18.2 Å². The predicted octanol–water partition coefficient (Wildman–Crippen LogP) is -1.53. The van der Waals surface area contributed by atoms with Crippen LogP contribution >= 0.6 is 11.8 Å². The first kappa shape index (κ1) is 9.90. The van der Waals surface area contributed by atoms with Crippen molar-refractivity contribution in [3.05, 3.63) is 29.8 Å². The lowest BCUT2D eigenvalue weighted by Gasteiger charge is -2.18. The standard InChI is InChI=1S/C9H11NS.ClH/c10-8-5-6-11-9-4-2-1-3-7(8)9;/h1-4,8H,5-6,10H2;1H/t8-;/m1./s1. The Morgan fingerprint density at radius 1 is 1.33 bits per heavy atom. The minimum atomic E-state index is 0. The SMILES string of the molecule is [Cl-].[NH3+][C@@H]1CCSc2ccccc21. The zero-order valence-electron chi connectivity index (χ0n) is 6.79. The highest BCUT2D eigenvalue weighted by Crippen LogP contribution is 2.33. The van der Waals surface area contributed by atoms with Crippen LogP contribution in [0.3, 0.4) is 0 Å². The van der Waals surface area contributed by atoms with Crippen LogP contribution in [0.4, 0.5) is 0 Å². The van der Waals surface area contributed by atoms with Crippen LogP contribution in [-0.2, 0) is 0 Å². The summed E-state index contributed by atoms with van der Waals surface area (Å²) in [5.74, 6) is 1.23. The van der Waals surface area contributed by atoms with E-state index >= 15 is 0 Å². The number of rotatable bonds is 0. The van der Waals surface area contributed by atoms with Gasteiger partial charge in [-0.25, -0.2) is 0 Å². The first-order valence-corrected chi connectivity index (χ1v) is 4.91. The van der Waals surface area contributed by atoms with E-state index in [1.54, 1.807) is 0 Å². The van der Waals surface area contributed by atoms with Gasteiger partial charge in [0.25, 0.3) is 0 Å². The lowest BCUT2D eigenvalue weighted by molar-refractivity contribution is -0.427. The topological polar surface area (TPSA) is 27.6 Å². The summed E-state index contributed by atoms with van der Waals surface area (Å²) < 4.78 is 0. The second-order valence-corrected chi connectivity index (χ2v) is 4.01. The van der Waals surface area contributed by atoms with Crippen molar-refractivity contribution in [3.63, 3.8) is 0 Å². The monoisotopic (exact) mass is 201 g/mol. The normalized spacial score (nSPS) is 20.9. The number of hydrogen-bond donors (Lipinski definition) is 1. The second-order valence-electron chi connectivity index (χ2n) is 2.87. The molecule has 0 saturated heterocycles. The van der Waals surface area contributed by atoms with E-state index in [-0.39, 0.29) is 12.4 Å². The Hall–Kier alpha value is -0.180. The average molecular weight is 202 g/mol. The Kier molecular flexibility index (Phi) is 3.44. The van der Waals surface area contributed by atoms with Gasteiger partial charge in [0.2, 0.25) is 0 Å². The summed E-state index contributed by atoms with van der Waals surface area (Å²) in [7, 11) is 0. The summed E-state index contributed by atoms with van der Waals surface area (Å²) >= 11 is 1.95. The van der Waals surface area contributed by atoms with Gasteiger partial charge in [-0.15, -0.1) is 11.8 Å². The van der Waals surface area contributed by atoms with Crippen molar-refractivity contribution in [1.29, 1.82) is 0 Å². The fourth-order valence-electron chi connectivity index (χ4n) is 1.42. The minimum absolute atomic E-state index is 0. The first-order valence-electron chi connectivity index (χ1n) is 3.93. The van der Waals surface area contributed by atoms with Crippen molar-refractivity contribution >= 4 is 11.8 Å². The molecule has 2 rings (SSSR count). The summed E-state index contributed by atoms with van der Waals surface area (Å²) in [5.41, 5.74) is 5.56. The molecule has 1 heterocycles. The van der Waals surface area contributed by atoms with Gasteiger partial charge in [0.1, 0.15) is 6.04 Å². The highest BCUT2D eigenvalue weighted by atomic mass is 35.5. The number of hydrogen-bond acceptors (Lipinski definition) is 1. The fourth-order valence-corrected chi connectivity index (χ4v) is 2.61. The van der Waals surface area contributed by atoms with E-state index in [4.69, 9.17) is 0 Å². The lowest BCUT2D eigenvalue weighted by Crippen LogP contribution is -3.00. The highest BCUT2D eigenvalue weighted by molar-refractivity contribution is 7.99. The zero-order chi connectivity index (χ0) is 7.68. The quantitative estimate of drug-likeness (QED) is 0.542. The third-order valence-corrected chi connectivity index (χ3v) is 3.21. The molecule has 0 radical (unpaired) electrons. The van der Waals surface area contributed by atoms with E-state index < -0.39 is 0 Å². The van der Waals surface area contributed by atoms with Crippen LogP contribution in [0.2, 0.25) is 0 Å². The van der Waals surface area contributed by atoms with E-state index in [1.807, 2.05) is 11.8 Å². The maximum Gasteiger partial charge on any atom is 0.112 e. The van der Waals surface area contributed by atoms with E-state index in [0.717, 1.165) is 0 Å². The summed E-state index contributed by atoms with van der Waals surface area (Å²) in [5, 5.41) is 0. The van der Waals surface area contributed by atoms with Crippen molar-refractivity contribution in [3.8, 4) is 0 Å². The maximum absolute atomic E-state index is 4.13. The molecule has 12 heavy (non-hydrogen) atoms. The summed E-state index contributed by atoms with van der Waals surface area (Å²) in [6.45, 7) is 0. The molecule has 1 nitrogen and oxygen atoms in total. The largest absolute Gasteiger partial charge is 1.00 e. The van der Waals surface area contributed by atoms with Crippen molar-refractivity contribution < 1.29 is 18.1 Å². The maximum atomic E-state index is 4.13. The van der Waals surface area contributed by atoms with Gasteiger partial charge >= 0.3 is 0 Å². The van der Waals surface area contributed by atoms with Crippen LogP contribution < -0.4 is 18.1 Å². The smallest absolute Gasteiger partial charge is 0.112 e. The Bertz CT molecular complexity index is 264. The second kappa shape index (κ2) is 4.17. The zero-order valence-corrected chi connectivity index (χ0v) is 8.37. The van der Waals surface area contributed by atoms with Crippen molar-refractivity contribution in [2.75, 3.05) is 5.75 Å². The number of benzene rings is 1. The molecular weight excluding hydrogens is 190 g/mol. The third-order valence-electron chi connectivity index (χ3n) is 2.08. The number of halogens is 1.